The van der Waals surface area contributed by atoms with E-state index in [-0.39, 0.29) is 0 Å². The highest BCUT2D eigenvalue weighted by molar-refractivity contribution is 5.47. The second-order valence-electron chi connectivity index (χ2n) is 4.98. The molecule has 2 heterocycles. The predicted octanol–water partition coefficient (Wildman–Crippen LogP) is 1.67. The molecule has 1 aliphatic heterocycles. The van der Waals surface area contributed by atoms with E-state index in [9.17, 15) is 0 Å². The number of ether oxygens (including phenoxy) is 1. The molecule has 2 fully saturated rings. The summed E-state index contributed by atoms with van der Waals surface area (Å²) in [6, 6.07) is 4.56. The maximum atomic E-state index is 5.69. The van der Waals surface area contributed by atoms with E-state index in [1.165, 1.54) is 19.3 Å². The minimum Gasteiger partial charge on any atom is -0.397 e. The zero-order valence-electron chi connectivity index (χ0n) is 10.0. The number of nitrogen functional groups attached to an aromatic ring is 1. The van der Waals surface area contributed by atoms with Crippen LogP contribution in [0.5, 0.6) is 0 Å². The molecular weight excluding hydrogens is 214 g/mol. The zero-order chi connectivity index (χ0) is 11.7. The number of hydrogen-bond acceptors (Lipinski definition) is 4. The fourth-order valence-electron chi connectivity index (χ4n) is 3.04. The van der Waals surface area contributed by atoms with Gasteiger partial charge in [-0.25, -0.2) is 4.98 Å². The lowest BCUT2D eigenvalue weighted by Crippen LogP contribution is -2.38. The topological polar surface area (TPSA) is 51.4 Å². The van der Waals surface area contributed by atoms with Gasteiger partial charge in [-0.15, -0.1) is 0 Å². The summed E-state index contributed by atoms with van der Waals surface area (Å²) >= 11 is 0. The molecule has 4 nitrogen and oxygen atoms in total. The van der Waals surface area contributed by atoms with Crippen LogP contribution in [0, 0.1) is 5.92 Å². The Labute approximate surface area is 102 Å². The Morgan fingerprint density at radius 2 is 2.29 bits per heavy atom. The van der Waals surface area contributed by atoms with Crippen molar-refractivity contribution in [3.05, 3.63) is 18.3 Å². The molecule has 0 spiro atoms. The van der Waals surface area contributed by atoms with Crippen LogP contribution in [0.1, 0.15) is 19.3 Å². The van der Waals surface area contributed by atoms with Gasteiger partial charge in [0.15, 0.2) is 0 Å². The third-order valence-corrected chi connectivity index (χ3v) is 3.89. The van der Waals surface area contributed by atoms with Gasteiger partial charge in [0.1, 0.15) is 5.82 Å². The van der Waals surface area contributed by atoms with Crippen LogP contribution >= 0.6 is 0 Å². The van der Waals surface area contributed by atoms with Crippen LogP contribution in [-0.4, -0.2) is 30.8 Å². The van der Waals surface area contributed by atoms with Crippen LogP contribution < -0.4 is 10.6 Å². The maximum Gasteiger partial charge on any atom is 0.128 e. The van der Waals surface area contributed by atoms with Crippen molar-refractivity contribution < 1.29 is 4.74 Å². The van der Waals surface area contributed by atoms with Gasteiger partial charge in [0.2, 0.25) is 0 Å². The van der Waals surface area contributed by atoms with E-state index in [0.29, 0.717) is 12.0 Å². The van der Waals surface area contributed by atoms with Crippen LogP contribution in [0.15, 0.2) is 18.3 Å². The third kappa shape index (κ3) is 2.09. The van der Waals surface area contributed by atoms with E-state index in [1.54, 1.807) is 6.20 Å². The monoisotopic (exact) mass is 233 g/mol. The molecular formula is C13H19N3O. The lowest BCUT2D eigenvalue weighted by molar-refractivity contribution is 0.121. The summed E-state index contributed by atoms with van der Waals surface area (Å²) in [5, 5.41) is 0. The van der Waals surface area contributed by atoms with E-state index in [4.69, 9.17) is 10.5 Å². The highest BCUT2D eigenvalue weighted by atomic mass is 16.5. The average molecular weight is 233 g/mol. The molecule has 2 atom stereocenters. The van der Waals surface area contributed by atoms with Crippen LogP contribution in [0.4, 0.5) is 11.5 Å². The molecule has 92 valence electrons. The van der Waals surface area contributed by atoms with Crippen molar-refractivity contribution in [2.75, 3.05) is 30.4 Å². The van der Waals surface area contributed by atoms with Gasteiger partial charge in [-0.05, 0) is 25.0 Å². The highest BCUT2D eigenvalue weighted by Crippen LogP contribution is 2.33. The maximum absolute atomic E-state index is 5.69. The Balaban J connectivity index is 1.86. The molecule has 3 rings (SSSR count). The minimum atomic E-state index is 0.605. The van der Waals surface area contributed by atoms with Gasteiger partial charge < -0.3 is 15.4 Å². The average Bonchev–Trinajstić information content (AvgIpc) is 2.71. The van der Waals surface area contributed by atoms with Crippen molar-refractivity contribution >= 4 is 11.5 Å². The normalized spacial score (nSPS) is 28.8. The van der Waals surface area contributed by atoms with Gasteiger partial charge in [0.05, 0.1) is 25.1 Å². The molecule has 4 heteroatoms. The molecule has 2 N–H and O–H groups in total. The number of nitrogens with two attached hydrogens (primary N) is 1. The summed E-state index contributed by atoms with van der Waals surface area (Å²) in [6.07, 6.45) is 5.60. The number of rotatable bonds is 1. The Morgan fingerprint density at radius 1 is 1.35 bits per heavy atom. The largest absolute Gasteiger partial charge is 0.397 e. The van der Waals surface area contributed by atoms with Crippen molar-refractivity contribution in [2.45, 2.75) is 25.3 Å². The number of fused-ring (bicyclic) bond motifs is 1. The highest BCUT2D eigenvalue weighted by Gasteiger charge is 2.34. The van der Waals surface area contributed by atoms with Crippen molar-refractivity contribution in [2.24, 2.45) is 5.92 Å². The Kier molecular flexibility index (Phi) is 2.89. The molecule has 1 saturated heterocycles. The molecule has 1 saturated carbocycles. The lowest BCUT2D eigenvalue weighted by atomic mass is 10.0. The first-order valence-electron chi connectivity index (χ1n) is 6.40. The van der Waals surface area contributed by atoms with Crippen molar-refractivity contribution in [1.29, 1.82) is 0 Å². The molecule has 1 aromatic rings. The predicted molar refractivity (Wildman–Crippen MR) is 67.9 cm³/mol. The fraction of sp³-hybridized carbons (Fsp3) is 0.615. The SMILES string of the molecule is Nc1ccc(N2CCOC[C@@H]3CCC[C@@H]32)nc1. The Bertz CT molecular complexity index is 379. The van der Waals surface area contributed by atoms with E-state index in [1.807, 2.05) is 12.1 Å². The molecule has 1 aromatic heterocycles. The molecule has 0 aromatic carbocycles. The number of aromatic nitrogens is 1. The molecule has 0 unspecified atom stereocenters. The summed E-state index contributed by atoms with van der Waals surface area (Å²) in [7, 11) is 0. The van der Waals surface area contributed by atoms with Crippen LogP contribution in [0.25, 0.3) is 0 Å². The van der Waals surface area contributed by atoms with Crippen molar-refractivity contribution in [3.63, 3.8) is 0 Å². The van der Waals surface area contributed by atoms with Gasteiger partial charge in [0, 0.05) is 18.5 Å². The lowest BCUT2D eigenvalue weighted by Gasteiger charge is -2.30. The number of nitrogens with zero attached hydrogens (tertiary/aromatic N) is 2. The van der Waals surface area contributed by atoms with Crippen molar-refractivity contribution in [3.8, 4) is 0 Å². The second-order valence-corrected chi connectivity index (χ2v) is 4.98. The Hall–Kier alpha value is -1.29. The number of anilines is 2. The summed E-state index contributed by atoms with van der Waals surface area (Å²) in [5.41, 5.74) is 6.41. The van der Waals surface area contributed by atoms with Crippen LogP contribution in [0.2, 0.25) is 0 Å². The molecule has 17 heavy (non-hydrogen) atoms. The smallest absolute Gasteiger partial charge is 0.128 e. The standard InChI is InChI=1S/C13H19N3O/c14-11-4-5-13(15-8-11)16-6-7-17-9-10-2-1-3-12(10)16/h4-5,8,10,12H,1-3,6-7,9,14H2/t10-,12-/m0/s1. The van der Waals surface area contributed by atoms with Gasteiger partial charge in [-0.2, -0.15) is 0 Å². The summed E-state index contributed by atoms with van der Waals surface area (Å²) in [6.45, 7) is 2.66. The first-order chi connectivity index (χ1) is 8.34. The molecule has 0 radical (unpaired) electrons. The van der Waals surface area contributed by atoms with Gasteiger partial charge in [-0.1, -0.05) is 6.42 Å². The first-order valence-corrected chi connectivity index (χ1v) is 6.40. The van der Waals surface area contributed by atoms with Gasteiger partial charge >= 0.3 is 0 Å². The van der Waals surface area contributed by atoms with Gasteiger partial charge in [0.25, 0.3) is 0 Å². The molecule has 0 amide bonds. The molecule has 0 bridgehead atoms. The van der Waals surface area contributed by atoms with Crippen LogP contribution in [0.3, 0.4) is 0 Å². The van der Waals surface area contributed by atoms with Gasteiger partial charge in [-0.3, -0.25) is 0 Å². The summed E-state index contributed by atoms with van der Waals surface area (Å²) < 4.78 is 5.69. The van der Waals surface area contributed by atoms with Crippen LogP contribution in [-0.2, 0) is 4.74 Å². The molecule has 1 aliphatic carbocycles. The van der Waals surface area contributed by atoms with E-state index in [2.05, 4.69) is 9.88 Å². The number of pyridine rings is 1. The molecule has 2 aliphatic rings. The fourth-order valence-corrected chi connectivity index (χ4v) is 3.04. The van der Waals surface area contributed by atoms with Crippen molar-refractivity contribution in [1.82, 2.24) is 4.98 Å². The van der Waals surface area contributed by atoms with E-state index in [0.717, 1.165) is 31.3 Å². The van der Waals surface area contributed by atoms with E-state index >= 15 is 0 Å². The quantitative estimate of drug-likeness (QED) is 0.801. The van der Waals surface area contributed by atoms with E-state index < -0.39 is 0 Å². The summed E-state index contributed by atoms with van der Waals surface area (Å²) in [5.74, 6) is 1.72. The summed E-state index contributed by atoms with van der Waals surface area (Å²) in [4.78, 5) is 6.86. The first kappa shape index (κ1) is 10.8. The third-order valence-electron chi connectivity index (χ3n) is 3.89. The minimum absolute atomic E-state index is 0.605. The Morgan fingerprint density at radius 3 is 3.12 bits per heavy atom. The number of hydrogen-bond donors (Lipinski definition) is 1. The second kappa shape index (κ2) is 4.53. The zero-order valence-corrected chi connectivity index (χ0v) is 10.0.